The number of ether oxygens (including phenoxy) is 2. The number of nitrogens with zero attached hydrogens (tertiary/aromatic N) is 2. The van der Waals surface area contributed by atoms with E-state index in [1.165, 1.54) is 17.7 Å². The van der Waals surface area contributed by atoms with Gasteiger partial charge in [-0.25, -0.2) is 8.42 Å². The molecule has 0 saturated carbocycles. The number of aryl methyl sites for hydroxylation is 1. The first-order chi connectivity index (χ1) is 13.3. The second kappa shape index (κ2) is 7.90. The molecular formula is C20H20N2O5S. The molecular weight excluding hydrogens is 380 g/mol. The molecule has 0 bridgehead atoms. The van der Waals surface area contributed by atoms with Gasteiger partial charge >= 0.3 is 0 Å². The van der Waals surface area contributed by atoms with Crippen molar-refractivity contribution in [3.8, 4) is 17.6 Å². The summed E-state index contributed by atoms with van der Waals surface area (Å²) in [6.45, 7) is 0.248. The van der Waals surface area contributed by atoms with E-state index in [9.17, 15) is 13.2 Å². The van der Waals surface area contributed by atoms with Gasteiger partial charge in [-0.05, 0) is 48.7 Å². The van der Waals surface area contributed by atoms with Crippen LogP contribution < -0.4 is 13.8 Å². The Balaban J connectivity index is 1.77. The number of nitriles is 1. The van der Waals surface area contributed by atoms with Gasteiger partial charge in [-0.2, -0.15) is 5.26 Å². The molecule has 0 aliphatic carbocycles. The molecule has 0 unspecified atom stereocenters. The fraction of sp³-hybridized carbons (Fsp3) is 0.300. The normalized spacial score (nSPS) is 13.4. The number of methoxy groups -OCH3 is 1. The number of hydrogen-bond donors (Lipinski definition) is 0. The standard InChI is InChI=1S/C20H20N2O5S/c1-26-20-10-14(12-21)5-8-19(20)27-13-18(23)16-6-7-17-15(11-16)4-3-9-22(17)28(2,24)25/h5-8,10-11H,3-4,9,13H2,1-2H3. The largest absolute Gasteiger partial charge is 0.493 e. The molecule has 1 aliphatic heterocycles. The van der Waals surface area contributed by atoms with Crippen molar-refractivity contribution in [3.05, 3.63) is 53.1 Å². The average Bonchev–Trinajstić information content (AvgIpc) is 2.70. The van der Waals surface area contributed by atoms with E-state index >= 15 is 0 Å². The highest BCUT2D eigenvalue weighted by molar-refractivity contribution is 7.92. The zero-order valence-corrected chi connectivity index (χ0v) is 16.5. The van der Waals surface area contributed by atoms with Crippen molar-refractivity contribution in [2.24, 2.45) is 0 Å². The Bertz CT molecular complexity index is 1060. The zero-order chi connectivity index (χ0) is 20.3. The van der Waals surface area contributed by atoms with Gasteiger partial charge < -0.3 is 9.47 Å². The molecule has 2 aromatic rings. The lowest BCUT2D eigenvalue weighted by Gasteiger charge is -2.29. The van der Waals surface area contributed by atoms with Crippen molar-refractivity contribution in [2.75, 3.05) is 30.8 Å². The van der Waals surface area contributed by atoms with Crippen molar-refractivity contribution >= 4 is 21.5 Å². The molecule has 0 radical (unpaired) electrons. The van der Waals surface area contributed by atoms with Crippen LogP contribution in [0.5, 0.6) is 11.5 Å². The summed E-state index contributed by atoms with van der Waals surface area (Å²) in [5, 5.41) is 8.94. The minimum atomic E-state index is -3.35. The number of Topliss-reactive ketones (excluding diaryl/α,β-unsaturated/α-hetero) is 1. The molecule has 3 rings (SSSR count). The third kappa shape index (κ3) is 4.10. The van der Waals surface area contributed by atoms with E-state index in [-0.39, 0.29) is 12.4 Å². The number of benzene rings is 2. The van der Waals surface area contributed by atoms with Crippen molar-refractivity contribution < 1.29 is 22.7 Å². The number of anilines is 1. The number of fused-ring (bicyclic) bond motifs is 1. The number of ketones is 1. The Hall–Kier alpha value is -3.05. The van der Waals surface area contributed by atoms with Crippen LogP contribution in [0.1, 0.15) is 27.9 Å². The van der Waals surface area contributed by atoms with Gasteiger partial charge in [-0.3, -0.25) is 9.10 Å². The molecule has 0 atom stereocenters. The number of carbonyl (C=O) groups excluding carboxylic acids is 1. The third-order valence-electron chi connectivity index (χ3n) is 4.53. The van der Waals surface area contributed by atoms with Gasteiger partial charge in [-0.15, -0.1) is 0 Å². The van der Waals surface area contributed by atoms with E-state index in [4.69, 9.17) is 14.7 Å². The summed E-state index contributed by atoms with van der Waals surface area (Å²) < 4.78 is 36.0. The predicted octanol–water partition coefficient (Wildman–Crippen LogP) is 2.54. The first-order valence-electron chi connectivity index (χ1n) is 8.68. The zero-order valence-electron chi connectivity index (χ0n) is 15.6. The van der Waals surface area contributed by atoms with E-state index in [0.29, 0.717) is 47.7 Å². The summed E-state index contributed by atoms with van der Waals surface area (Å²) >= 11 is 0. The van der Waals surface area contributed by atoms with Crippen LogP contribution in [0.2, 0.25) is 0 Å². The molecule has 0 fully saturated rings. The molecule has 0 N–H and O–H groups in total. The highest BCUT2D eigenvalue weighted by Crippen LogP contribution is 2.31. The Morgan fingerprint density at radius 2 is 2.00 bits per heavy atom. The minimum absolute atomic E-state index is 0.198. The first kappa shape index (κ1) is 19.7. The summed E-state index contributed by atoms with van der Waals surface area (Å²) in [4.78, 5) is 12.6. The minimum Gasteiger partial charge on any atom is -0.493 e. The monoisotopic (exact) mass is 400 g/mol. The Morgan fingerprint density at radius 3 is 2.68 bits per heavy atom. The molecule has 1 aliphatic rings. The second-order valence-corrected chi connectivity index (χ2v) is 8.38. The maximum atomic E-state index is 12.6. The number of rotatable bonds is 6. The molecule has 1 heterocycles. The van der Waals surface area contributed by atoms with Crippen LogP contribution >= 0.6 is 0 Å². The van der Waals surface area contributed by atoms with E-state index in [0.717, 1.165) is 5.56 Å². The van der Waals surface area contributed by atoms with Gasteiger partial charge in [0.25, 0.3) is 0 Å². The summed E-state index contributed by atoms with van der Waals surface area (Å²) in [6, 6.07) is 11.7. The highest BCUT2D eigenvalue weighted by atomic mass is 32.2. The molecule has 0 saturated heterocycles. The average molecular weight is 400 g/mol. The summed E-state index contributed by atoms with van der Waals surface area (Å²) in [7, 11) is -1.88. The quantitative estimate of drug-likeness (QED) is 0.692. The maximum Gasteiger partial charge on any atom is 0.232 e. The van der Waals surface area contributed by atoms with Gasteiger partial charge in [-0.1, -0.05) is 0 Å². The second-order valence-electron chi connectivity index (χ2n) is 6.47. The van der Waals surface area contributed by atoms with Gasteiger partial charge in [0.05, 0.1) is 30.7 Å². The van der Waals surface area contributed by atoms with Gasteiger partial charge in [0, 0.05) is 18.2 Å². The molecule has 7 nitrogen and oxygen atoms in total. The number of carbonyl (C=O) groups is 1. The fourth-order valence-corrected chi connectivity index (χ4v) is 4.16. The summed E-state index contributed by atoms with van der Waals surface area (Å²) in [5.74, 6) is 0.517. The van der Waals surface area contributed by atoms with Crippen molar-refractivity contribution in [2.45, 2.75) is 12.8 Å². The van der Waals surface area contributed by atoms with Gasteiger partial charge in [0.1, 0.15) is 0 Å². The lowest BCUT2D eigenvalue weighted by Crippen LogP contribution is -2.34. The Labute approximate surface area is 164 Å². The summed E-state index contributed by atoms with van der Waals surface area (Å²) in [5.41, 5.74) is 2.35. The van der Waals surface area contributed by atoms with E-state index in [1.807, 2.05) is 6.07 Å². The SMILES string of the molecule is COc1cc(C#N)ccc1OCC(=O)c1ccc2c(c1)CCCN2S(C)(=O)=O. The van der Waals surface area contributed by atoms with Crippen LogP contribution in [0.15, 0.2) is 36.4 Å². The first-order valence-corrected chi connectivity index (χ1v) is 10.5. The van der Waals surface area contributed by atoms with E-state index in [1.54, 1.807) is 36.4 Å². The lowest BCUT2D eigenvalue weighted by atomic mass is 9.99. The van der Waals surface area contributed by atoms with E-state index in [2.05, 4.69) is 0 Å². The van der Waals surface area contributed by atoms with Crippen LogP contribution in [0.3, 0.4) is 0 Å². The number of sulfonamides is 1. The molecule has 28 heavy (non-hydrogen) atoms. The highest BCUT2D eigenvalue weighted by Gasteiger charge is 2.24. The molecule has 0 aromatic heterocycles. The molecule has 146 valence electrons. The van der Waals surface area contributed by atoms with Gasteiger partial charge in [0.15, 0.2) is 23.9 Å². The van der Waals surface area contributed by atoms with Crippen LogP contribution in [-0.4, -0.2) is 40.7 Å². The smallest absolute Gasteiger partial charge is 0.232 e. The van der Waals surface area contributed by atoms with Crippen LogP contribution in [0.25, 0.3) is 0 Å². The molecule has 8 heteroatoms. The topological polar surface area (TPSA) is 96.7 Å². The van der Waals surface area contributed by atoms with Crippen LogP contribution in [0, 0.1) is 11.3 Å². The van der Waals surface area contributed by atoms with Crippen LogP contribution in [0.4, 0.5) is 5.69 Å². The van der Waals surface area contributed by atoms with Crippen molar-refractivity contribution in [1.82, 2.24) is 0 Å². The van der Waals surface area contributed by atoms with Crippen molar-refractivity contribution in [3.63, 3.8) is 0 Å². The molecule has 2 aromatic carbocycles. The molecule has 0 spiro atoms. The lowest BCUT2D eigenvalue weighted by molar-refractivity contribution is 0.0919. The van der Waals surface area contributed by atoms with Gasteiger partial charge in [0.2, 0.25) is 10.0 Å². The maximum absolute atomic E-state index is 12.6. The predicted molar refractivity (Wildman–Crippen MR) is 104 cm³/mol. The van der Waals surface area contributed by atoms with Crippen LogP contribution in [-0.2, 0) is 16.4 Å². The Kier molecular flexibility index (Phi) is 5.56. The van der Waals surface area contributed by atoms with E-state index < -0.39 is 10.0 Å². The molecule has 0 amide bonds. The van der Waals surface area contributed by atoms with Crippen molar-refractivity contribution in [1.29, 1.82) is 5.26 Å². The third-order valence-corrected chi connectivity index (χ3v) is 5.71. The fourth-order valence-electron chi connectivity index (χ4n) is 3.16. The summed E-state index contributed by atoms with van der Waals surface area (Å²) in [6.07, 6.45) is 2.60. The Morgan fingerprint density at radius 1 is 1.21 bits per heavy atom. The number of hydrogen-bond acceptors (Lipinski definition) is 6.